The molecule has 0 fully saturated rings. The number of hydrogen-bond donors (Lipinski definition) is 1. The van der Waals surface area contributed by atoms with E-state index in [9.17, 15) is 0 Å². The number of anilines is 1. The monoisotopic (exact) mass is 338 g/mol. The van der Waals surface area contributed by atoms with Gasteiger partial charge in [-0.05, 0) is 44.6 Å². The van der Waals surface area contributed by atoms with Crippen LogP contribution in [0.25, 0.3) is 5.52 Å². The van der Waals surface area contributed by atoms with E-state index in [0.29, 0.717) is 0 Å². The highest BCUT2D eigenvalue weighted by Crippen LogP contribution is 2.22. The van der Waals surface area contributed by atoms with E-state index in [-0.39, 0.29) is 5.95 Å². The van der Waals surface area contributed by atoms with Crippen LogP contribution in [0.3, 0.4) is 0 Å². The van der Waals surface area contributed by atoms with Crippen molar-refractivity contribution in [3.63, 3.8) is 0 Å². The van der Waals surface area contributed by atoms with Crippen LogP contribution in [0, 0.1) is 3.70 Å². The summed E-state index contributed by atoms with van der Waals surface area (Å²) in [5.74, 6) is 0.281. The molecule has 6 heteroatoms. The van der Waals surface area contributed by atoms with Gasteiger partial charge in [0.05, 0.1) is 16.2 Å². The molecule has 0 aromatic carbocycles. The van der Waals surface area contributed by atoms with Crippen molar-refractivity contribution in [1.82, 2.24) is 14.6 Å². The summed E-state index contributed by atoms with van der Waals surface area (Å²) in [5, 5.41) is 4.04. The molecule has 0 aliphatic rings. The zero-order valence-corrected chi connectivity index (χ0v) is 9.57. The maximum atomic E-state index is 5.44. The Labute approximate surface area is 90.4 Å². The van der Waals surface area contributed by atoms with Gasteiger partial charge in [-0.15, -0.1) is 5.10 Å². The van der Waals surface area contributed by atoms with E-state index in [2.05, 4.69) is 48.6 Å². The second kappa shape index (κ2) is 2.84. The number of nitrogens with zero attached hydrogens (tertiary/aromatic N) is 3. The first-order chi connectivity index (χ1) is 5.68. The predicted molar refractivity (Wildman–Crippen MR) is 57.8 cm³/mol. The molecule has 2 aromatic heterocycles. The van der Waals surface area contributed by atoms with Gasteiger partial charge in [0, 0.05) is 0 Å². The molecule has 0 amide bonds. The minimum Gasteiger partial charge on any atom is -0.367 e. The zero-order chi connectivity index (χ0) is 8.72. The molecule has 0 saturated carbocycles. The maximum Gasteiger partial charge on any atom is 0.238 e. The smallest absolute Gasteiger partial charge is 0.238 e. The van der Waals surface area contributed by atoms with Crippen molar-refractivity contribution < 1.29 is 0 Å². The van der Waals surface area contributed by atoms with Crippen LogP contribution < -0.4 is 5.73 Å². The summed E-state index contributed by atoms with van der Waals surface area (Å²) in [7, 11) is 0. The third-order valence-corrected chi connectivity index (χ3v) is 3.82. The van der Waals surface area contributed by atoms with Gasteiger partial charge in [0.2, 0.25) is 5.95 Å². The molecular formula is C6H4BrIN4. The highest BCUT2D eigenvalue weighted by molar-refractivity contribution is 14.1. The van der Waals surface area contributed by atoms with E-state index in [1.165, 1.54) is 0 Å². The number of nitrogens with two attached hydrogens (primary N) is 1. The number of halogens is 2. The molecular weight excluding hydrogens is 335 g/mol. The Morgan fingerprint density at radius 1 is 1.58 bits per heavy atom. The third kappa shape index (κ3) is 1.18. The number of aromatic nitrogens is 3. The van der Waals surface area contributed by atoms with E-state index in [4.69, 9.17) is 5.73 Å². The Morgan fingerprint density at radius 2 is 2.33 bits per heavy atom. The number of rotatable bonds is 0. The molecule has 0 radical (unpaired) electrons. The quantitative estimate of drug-likeness (QED) is 0.743. The second-order valence-electron chi connectivity index (χ2n) is 2.24. The maximum absolute atomic E-state index is 5.44. The van der Waals surface area contributed by atoms with E-state index in [1.807, 2.05) is 6.07 Å². The average Bonchev–Trinajstić information content (AvgIpc) is 2.31. The molecule has 2 aromatic rings. The molecule has 0 aliphatic carbocycles. The van der Waals surface area contributed by atoms with Crippen LogP contribution in [0.4, 0.5) is 5.95 Å². The van der Waals surface area contributed by atoms with Crippen molar-refractivity contribution in [2.45, 2.75) is 0 Å². The van der Waals surface area contributed by atoms with Gasteiger partial charge in [0.15, 0.2) is 0 Å². The molecule has 4 nitrogen and oxygen atoms in total. The Bertz CT molecular complexity index is 438. The minimum absolute atomic E-state index is 0.281. The summed E-state index contributed by atoms with van der Waals surface area (Å²) in [5.41, 5.74) is 6.37. The standard InChI is InChI=1S/C6H4BrIN4/c7-4-1-3-2-10-6(9)11-12(3)5(4)8/h1-2H,(H2,9,11). The van der Waals surface area contributed by atoms with Crippen LogP contribution in [0.15, 0.2) is 16.7 Å². The normalized spacial score (nSPS) is 10.8. The van der Waals surface area contributed by atoms with Gasteiger partial charge in [0.1, 0.15) is 3.70 Å². The molecule has 0 atom stereocenters. The molecule has 62 valence electrons. The molecule has 0 bridgehead atoms. The van der Waals surface area contributed by atoms with Crippen LogP contribution in [0.5, 0.6) is 0 Å². The molecule has 0 unspecified atom stereocenters. The summed E-state index contributed by atoms with van der Waals surface area (Å²) in [4.78, 5) is 3.88. The van der Waals surface area contributed by atoms with Gasteiger partial charge in [-0.25, -0.2) is 9.50 Å². The van der Waals surface area contributed by atoms with Crippen molar-refractivity contribution in [1.29, 1.82) is 0 Å². The van der Waals surface area contributed by atoms with E-state index >= 15 is 0 Å². The fourth-order valence-corrected chi connectivity index (χ4v) is 1.86. The van der Waals surface area contributed by atoms with Gasteiger partial charge in [-0.1, -0.05) is 0 Å². The molecule has 12 heavy (non-hydrogen) atoms. The highest BCUT2D eigenvalue weighted by atomic mass is 127. The van der Waals surface area contributed by atoms with Gasteiger partial charge >= 0.3 is 0 Å². The molecule has 2 N–H and O–H groups in total. The number of hydrogen-bond acceptors (Lipinski definition) is 3. The first-order valence-electron chi connectivity index (χ1n) is 3.14. The number of nitrogen functional groups attached to an aromatic ring is 1. The molecule has 0 spiro atoms. The molecule has 2 heterocycles. The molecule has 2 rings (SSSR count). The Kier molecular flexibility index (Phi) is 1.95. The minimum atomic E-state index is 0.281. The van der Waals surface area contributed by atoms with Crippen LogP contribution in [-0.2, 0) is 0 Å². The second-order valence-corrected chi connectivity index (χ2v) is 4.11. The molecule has 0 aliphatic heterocycles. The lowest BCUT2D eigenvalue weighted by Crippen LogP contribution is -2.01. The average molecular weight is 339 g/mol. The first-order valence-corrected chi connectivity index (χ1v) is 5.01. The summed E-state index contributed by atoms with van der Waals surface area (Å²) >= 11 is 5.58. The van der Waals surface area contributed by atoms with Crippen LogP contribution in [0.1, 0.15) is 0 Å². The van der Waals surface area contributed by atoms with E-state index in [0.717, 1.165) is 13.7 Å². The Morgan fingerprint density at radius 3 is 3.08 bits per heavy atom. The van der Waals surface area contributed by atoms with Gasteiger partial charge in [0.25, 0.3) is 0 Å². The SMILES string of the molecule is Nc1ncc2cc(Br)c(I)n2n1. The van der Waals surface area contributed by atoms with Crippen LogP contribution in [-0.4, -0.2) is 14.6 Å². The summed E-state index contributed by atoms with van der Waals surface area (Å²) in [6.07, 6.45) is 1.69. The van der Waals surface area contributed by atoms with Crippen molar-refractivity contribution in [3.05, 3.63) is 20.4 Å². The highest BCUT2D eigenvalue weighted by Gasteiger charge is 2.05. The summed E-state index contributed by atoms with van der Waals surface area (Å²) < 4.78 is 3.74. The summed E-state index contributed by atoms with van der Waals surface area (Å²) in [6.45, 7) is 0. The lowest BCUT2D eigenvalue weighted by molar-refractivity contribution is 0.894. The number of fused-ring (bicyclic) bond motifs is 1. The van der Waals surface area contributed by atoms with Gasteiger partial charge in [-0.3, -0.25) is 0 Å². The van der Waals surface area contributed by atoms with Crippen LogP contribution in [0.2, 0.25) is 0 Å². The van der Waals surface area contributed by atoms with Crippen molar-refractivity contribution >= 4 is 50.0 Å². The lowest BCUT2D eigenvalue weighted by atomic mass is 10.5. The lowest BCUT2D eigenvalue weighted by Gasteiger charge is -1.95. The predicted octanol–water partition coefficient (Wildman–Crippen LogP) is 1.68. The Hall–Kier alpha value is -0.370. The van der Waals surface area contributed by atoms with Crippen molar-refractivity contribution in [3.8, 4) is 0 Å². The van der Waals surface area contributed by atoms with Crippen LogP contribution >= 0.6 is 38.5 Å². The van der Waals surface area contributed by atoms with E-state index < -0.39 is 0 Å². The zero-order valence-electron chi connectivity index (χ0n) is 5.83. The largest absolute Gasteiger partial charge is 0.367 e. The summed E-state index contributed by atoms with van der Waals surface area (Å²) in [6, 6.07) is 1.95. The van der Waals surface area contributed by atoms with Gasteiger partial charge < -0.3 is 5.73 Å². The first kappa shape index (κ1) is 8.24. The van der Waals surface area contributed by atoms with Crippen molar-refractivity contribution in [2.24, 2.45) is 0 Å². The fraction of sp³-hybridized carbons (Fsp3) is 0. The third-order valence-electron chi connectivity index (χ3n) is 1.43. The fourth-order valence-electron chi connectivity index (χ4n) is 0.919. The topological polar surface area (TPSA) is 56.2 Å². The van der Waals surface area contributed by atoms with Crippen molar-refractivity contribution in [2.75, 3.05) is 5.73 Å². The Balaban J connectivity index is 2.88. The van der Waals surface area contributed by atoms with E-state index in [1.54, 1.807) is 10.7 Å². The molecule has 0 saturated heterocycles. The van der Waals surface area contributed by atoms with Gasteiger partial charge in [-0.2, -0.15) is 0 Å².